The van der Waals surface area contributed by atoms with E-state index in [4.69, 9.17) is 5.11 Å². The predicted molar refractivity (Wildman–Crippen MR) is 104 cm³/mol. The Bertz CT molecular complexity index is 761. The van der Waals surface area contributed by atoms with Gasteiger partial charge in [-0.25, -0.2) is 5.01 Å². The van der Waals surface area contributed by atoms with E-state index < -0.39 is 36.4 Å². The third kappa shape index (κ3) is 4.32. The lowest BCUT2D eigenvalue weighted by Gasteiger charge is -2.32. The lowest BCUT2D eigenvalue weighted by Crippen LogP contribution is -2.52. The van der Waals surface area contributed by atoms with Gasteiger partial charge in [-0.1, -0.05) is 60.3 Å². The van der Waals surface area contributed by atoms with Crippen molar-refractivity contribution in [3.63, 3.8) is 0 Å². The second kappa shape index (κ2) is 8.83. The number of benzene rings is 2. The smallest absolute Gasteiger partial charge is 0.132 e. The minimum atomic E-state index is -1.69. The lowest BCUT2D eigenvalue weighted by atomic mass is 10.0. The largest absolute Gasteiger partial charge is 0.394 e. The molecule has 0 saturated carbocycles. The first-order valence-corrected chi connectivity index (χ1v) is 9.39. The molecule has 1 aliphatic heterocycles. The maximum absolute atomic E-state index is 10.7. The van der Waals surface area contributed by atoms with Gasteiger partial charge in [0.25, 0.3) is 0 Å². The van der Waals surface area contributed by atoms with E-state index in [2.05, 4.69) is 5.10 Å². The van der Waals surface area contributed by atoms with E-state index in [1.165, 1.54) is 11.8 Å². The van der Waals surface area contributed by atoms with Crippen LogP contribution in [0.3, 0.4) is 0 Å². The van der Waals surface area contributed by atoms with Crippen LogP contribution in [-0.4, -0.2) is 67.0 Å². The van der Waals surface area contributed by atoms with Gasteiger partial charge in [0.05, 0.1) is 12.3 Å². The summed E-state index contributed by atoms with van der Waals surface area (Å²) in [6, 6.07) is 18.6. The Labute approximate surface area is 161 Å². The maximum Gasteiger partial charge on any atom is 0.132 e. The molecule has 0 radical (unpaired) electrons. The lowest BCUT2D eigenvalue weighted by molar-refractivity contribution is -0.114. The first kappa shape index (κ1) is 19.8. The van der Waals surface area contributed by atoms with E-state index in [1.807, 2.05) is 60.7 Å². The van der Waals surface area contributed by atoms with Gasteiger partial charge in [0.2, 0.25) is 0 Å². The van der Waals surface area contributed by atoms with Gasteiger partial charge in [0.15, 0.2) is 0 Å². The minimum absolute atomic E-state index is 0.660. The Balaban J connectivity index is 1.89. The quantitative estimate of drug-likeness (QED) is 0.464. The highest BCUT2D eigenvalue weighted by Gasteiger charge is 2.41. The van der Waals surface area contributed by atoms with Crippen LogP contribution < -0.4 is 5.01 Å². The summed E-state index contributed by atoms with van der Waals surface area (Å²) in [5.74, 6) is 0. The van der Waals surface area contributed by atoms with Crippen molar-refractivity contribution >= 4 is 22.5 Å². The van der Waals surface area contributed by atoms with Crippen LogP contribution in [0.4, 0.5) is 5.69 Å². The second-order valence-electron chi connectivity index (χ2n) is 6.18. The van der Waals surface area contributed by atoms with Gasteiger partial charge in [-0.15, -0.1) is 0 Å². The molecule has 5 atom stereocenters. The molecule has 0 amide bonds. The van der Waals surface area contributed by atoms with Gasteiger partial charge < -0.3 is 25.5 Å². The first-order valence-electron chi connectivity index (χ1n) is 8.51. The molecule has 8 heteroatoms. The molecule has 1 heterocycles. The Kier molecular flexibility index (Phi) is 6.48. The average Bonchev–Trinajstić information content (AvgIpc) is 3.18. The van der Waals surface area contributed by atoms with E-state index in [-0.39, 0.29) is 0 Å². The number of rotatable bonds is 7. The molecule has 0 aliphatic carbocycles. The molecule has 27 heavy (non-hydrogen) atoms. The highest BCUT2D eigenvalue weighted by Crippen LogP contribution is 2.36. The van der Waals surface area contributed by atoms with Crippen molar-refractivity contribution in [3.8, 4) is 0 Å². The van der Waals surface area contributed by atoms with Crippen molar-refractivity contribution in [2.75, 3.05) is 11.6 Å². The van der Waals surface area contributed by atoms with Crippen molar-refractivity contribution in [3.05, 3.63) is 66.2 Å². The van der Waals surface area contributed by atoms with Crippen LogP contribution in [-0.2, 0) is 0 Å². The first-order chi connectivity index (χ1) is 13.0. The Hall–Kier alpha value is -1.94. The van der Waals surface area contributed by atoms with Gasteiger partial charge in [-0.05, 0) is 12.1 Å². The molecule has 0 aromatic heterocycles. The molecule has 2 aromatic rings. The summed E-state index contributed by atoms with van der Waals surface area (Å²) in [7, 11) is 0. The molecule has 3 rings (SSSR count). The zero-order valence-electron chi connectivity index (χ0n) is 14.4. The van der Waals surface area contributed by atoms with Crippen LogP contribution >= 0.6 is 11.8 Å². The van der Waals surface area contributed by atoms with Crippen LogP contribution in [0.1, 0.15) is 5.56 Å². The summed E-state index contributed by atoms with van der Waals surface area (Å²) in [6.45, 7) is -0.725. The van der Waals surface area contributed by atoms with Crippen LogP contribution in [0.2, 0.25) is 0 Å². The van der Waals surface area contributed by atoms with E-state index in [0.717, 1.165) is 5.56 Å². The maximum atomic E-state index is 10.7. The van der Waals surface area contributed by atoms with E-state index in [1.54, 1.807) is 5.01 Å². The molecule has 1 aliphatic rings. The number of anilines is 1. The van der Waals surface area contributed by atoms with Gasteiger partial charge in [-0.3, -0.25) is 0 Å². The van der Waals surface area contributed by atoms with Gasteiger partial charge in [0, 0.05) is 5.56 Å². The molecule has 0 saturated heterocycles. The molecule has 0 spiro atoms. The summed E-state index contributed by atoms with van der Waals surface area (Å²) < 4.78 is 0. The van der Waals surface area contributed by atoms with Crippen molar-refractivity contribution in [2.24, 2.45) is 5.10 Å². The normalized spacial score (nSPS) is 21.4. The summed E-state index contributed by atoms with van der Waals surface area (Å²) in [4.78, 5) is 0. The number of thioether (sulfide) groups is 1. The predicted octanol–water partition coefficient (Wildman–Crippen LogP) is 0.364. The Morgan fingerprint density at radius 1 is 0.889 bits per heavy atom. The number of nitrogens with zero attached hydrogens (tertiary/aromatic N) is 2. The van der Waals surface area contributed by atoms with Crippen LogP contribution in [0.5, 0.6) is 0 Å². The van der Waals surface area contributed by atoms with Gasteiger partial charge in [0.1, 0.15) is 34.8 Å². The fraction of sp³-hybridized carbons (Fsp3) is 0.316. The third-order valence-electron chi connectivity index (χ3n) is 4.29. The molecular formula is C19H22N2O5S. The molecule has 2 aromatic carbocycles. The monoisotopic (exact) mass is 390 g/mol. The highest BCUT2D eigenvalue weighted by atomic mass is 32.2. The number of hydrogen-bond donors (Lipinski definition) is 5. The molecule has 1 unspecified atom stereocenters. The number of para-hydroxylation sites is 1. The van der Waals surface area contributed by atoms with Gasteiger partial charge >= 0.3 is 0 Å². The van der Waals surface area contributed by atoms with E-state index in [9.17, 15) is 20.4 Å². The number of aliphatic hydroxyl groups excluding tert-OH is 5. The molecular weight excluding hydrogens is 368 g/mol. The van der Waals surface area contributed by atoms with Crippen molar-refractivity contribution in [1.29, 1.82) is 0 Å². The van der Waals surface area contributed by atoms with Crippen molar-refractivity contribution < 1.29 is 25.5 Å². The highest BCUT2D eigenvalue weighted by molar-refractivity contribution is 8.15. The fourth-order valence-electron chi connectivity index (χ4n) is 2.76. The summed E-state index contributed by atoms with van der Waals surface area (Å²) >= 11 is 1.25. The van der Waals surface area contributed by atoms with Crippen LogP contribution in [0.15, 0.2) is 65.8 Å². The standard InChI is InChI=1S/C19H22N2O5S/c22-11-14(23)15(24)16(25)17(26)19-21(13-9-5-2-6-10-13)20-18(27-19)12-7-3-1-4-8-12/h1-10,14-17,19,22-26H,11H2/t14-,15-,16-,17?,19+/m0/s1. The average molecular weight is 390 g/mol. The number of aliphatic hydroxyl groups is 5. The zero-order valence-corrected chi connectivity index (χ0v) is 15.2. The summed E-state index contributed by atoms with van der Waals surface area (Å²) in [5, 5.41) is 55.6. The summed E-state index contributed by atoms with van der Waals surface area (Å²) in [6.07, 6.45) is -6.35. The molecule has 144 valence electrons. The minimum Gasteiger partial charge on any atom is -0.394 e. The second-order valence-corrected chi connectivity index (χ2v) is 7.29. The molecule has 5 N–H and O–H groups in total. The fourth-order valence-corrected chi connectivity index (χ4v) is 3.96. The number of hydrogen-bond acceptors (Lipinski definition) is 8. The van der Waals surface area contributed by atoms with Crippen molar-refractivity contribution in [1.82, 2.24) is 0 Å². The van der Waals surface area contributed by atoms with E-state index in [0.29, 0.717) is 10.7 Å². The zero-order chi connectivity index (χ0) is 19.4. The van der Waals surface area contributed by atoms with Crippen LogP contribution in [0, 0.1) is 0 Å². The molecule has 0 fully saturated rings. The topological polar surface area (TPSA) is 117 Å². The van der Waals surface area contributed by atoms with Gasteiger partial charge in [-0.2, -0.15) is 5.10 Å². The number of hydrazone groups is 1. The van der Waals surface area contributed by atoms with Crippen LogP contribution in [0.25, 0.3) is 0 Å². The summed E-state index contributed by atoms with van der Waals surface area (Å²) in [5.41, 5.74) is 1.58. The molecule has 0 bridgehead atoms. The Morgan fingerprint density at radius 3 is 2.07 bits per heavy atom. The van der Waals surface area contributed by atoms with E-state index >= 15 is 0 Å². The molecule has 7 nitrogen and oxygen atoms in total. The third-order valence-corrected chi connectivity index (χ3v) is 5.55. The van der Waals surface area contributed by atoms with Crippen molar-refractivity contribution in [2.45, 2.75) is 29.8 Å². The Morgan fingerprint density at radius 2 is 1.48 bits per heavy atom. The SMILES string of the molecule is OC[C@H](O)[C@H](O)[C@H](O)C(O)[C@H]1SC(c2ccccc2)=NN1c1ccccc1.